The molecule has 0 aromatic heterocycles. The first-order valence-corrected chi connectivity index (χ1v) is 15.6. The fourth-order valence-electron chi connectivity index (χ4n) is 4.11. The van der Waals surface area contributed by atoms with Crippen molar-refractivity contribution < 1.29 is 55.7 Å². The summed E-state index contributed by atoms with van der Waals surface area (Å²) in [5.41, 5.74) is 1.69. The number of para-hydroxylation sites is 1. The molecule has 15 heteroatoms. The highest BCUT2D eigenvalue weighted by atomic mass is 19.2. The molecule has 2 aromatic rings. The number of halogens is 4. The first-order chi connectivity index (χ1) is 23.2. The van der Waals surface area contributed by atoms with Crippen LogP contribution in [0.25, 0.3) is 0 Å². The average Bonchev–Trinajstić information content (AvgIpc) is 3.27. The lowest BCUT2D eigenvalue weighted by molar-refractivity contribution is -0.132. The molecule has 2 aromatic carbocycles. The number of methoxy groups -OCH3 is 1. The van der Waals surface area contributed by atoms with Crippen molar-refractivity contribution in [2.24, 2.45) is 5.92 Å². The Morgan fingerprint density at radius 3 is 2.12 bits per heavy atom. The highest BCUT2D eigenvalue weighted by molar-refractivity contribution is 6.29. The van der Waals surface area contributed by atoms with Crippen molar-refractivity contribution in [3.8, 4) is 5.75 Å². The van der Waals surface area contributed by atoms with Gasteiger partial charge in [-0.1, -0.05) is 39.0 Å². The highest BCUT2D eigenvalue weighted by Crippen LogP contribution is 2.29. The highest BCUT2D eigenvalue weighted by Gasteiger charge is 2.29. The Hall–Kier alpha value is -4.21. The van der Waals surface area contributed by atoms with Crippen molar-refractivity contribution in [3.05, 3.63) is 59.2 Å². The number of anilines is 1. The quantitative estimate of drug-likeness (QED) is 0.159. The molecule has 2 unspecified atom stereocenters. The van der Waals surface area contributed by atoms with Crippen molar-refractivity contribution in [3.63, 3.8) is 0 Å². The number of Topliss-reactive ketones (excluding diaryl/α,β-unsaturated/α-hetero) is 1. The van der Waals surface area contributed by atoms with Crippen LogP contribution in [-0.4, -0.2) is 93.8 Å². The fourth-order valence-corrected chi connectivity index (χ4v) is 4.11. The Morgan fingerprint density at radius 2 is 1.60 bits per heavy atom. The van der Waals surface area contributed by atoms with Crippen molar-refractivity contribution in [2.45, 2.75) is 65.0 Å². The summed E-state index contributed by atoms with van der Waals surface area (Å²) in [6.07, 6.45) is 0.237. The minimum Gasteiger partial charge on any atom is -0.479 e. The van der Waals surface area contributed by atoms with Gasteiger partial charge in [0.2, 0.25) is 23.8 Å². The number of ether oxygens (including phenoxy) is 3. The summed E-state index contributed by atoms with van der Waals surface area (Å²) in [6, 6.07) is 6.15. The first kappa shape index (κ1) is 43.8. The standard InChI is InChI=1S/C18H20F4N2O5.C12H15NO2.C5H12O/c1-24-3-5-28-8-10(7-24)18(27)23-13(2-4-25)14(26)9-29-17-15(21)11(19)6-12(20)16(17)22;1-12(2,3)9-6-4-5-7-10(9)13-11(15)8-14;1-5(2,3)6-4/h4,6,10,13H,2-3,5,7-9H2,1H3,(H,23,27);4-8H,1-3H3,(H,13,15);1-4H3. The zero-order valence-electron chi connectivity index (χ0n) is 29.7. The molecule has 0 aliphatic carbocycles. The summed E-state index contributed by atoms with van der Waals surface area (Å²) in [7, 11) is 3.50. The van der Waals surface area contributed by atoms with Gasteiger partial charge in [-0.25, -0.2) is 8.78 Å². The molecule has 2 N–H and O–H groups in total. The number of amides is 2. The zero-order valence-corrected chi connectivity index (χ0v) is 29.7. The van der Waals surface area contributed by atoms with Gasteiger partial charge in [0.25, 0.3) is 5.91 Å². The van der Waals surface area contributed by atoms with Crippen LogP contribution in [0.4, 0.5) is 23.2 Å². The number of hydrogen-bond donors (Lipinski definition) is 2. The van der Waals surface area contributed by atoms with E-state index in [1.807, 2.05) is 43.9 Å². The van der Waals surface area contributed by atoms with Gasteiger partial charge in [-0.3, -0.25) is 19.2 Å². The summed E-state index contributed by atoms with van der Waals surface area (Å²) < 4.78 is 68.5. The normalized spacial score (nSPS) is 15.5. The molecule has 1 fully saturated rings. The molecule has 1 aliphatic heterocycles. The molecule has 50 heavy (non-hydrogen) atoms. The predicted octanol–water partition coefficient (Wildman–Crippen LogP) is 4.40. The topological polar surface area (TPSA) is 140 Å². The number of nitrogens with zero attached hydrogens (tertiary/aromatic N) is 1. The summed E-state index contributed by atoms with van der Waals surface area (Å²) in [4.78, 5) is 58.7. The Bertz CT molecular complexity index is 1430. The number of rotatable bonds is 10. The maximum absolute atomic E-state index is 13.6. The minimum atomic E-state index is -1.80. The molecule has 2 amide bonds. The molecular formula is C35H47F4N3O8. The van der Waals surface area contributed by atoms with E-state index in [1.165, 1.54) is 0 Å². The number of likely N-dealkylation sites (N-methyl/N-ethyl adjacent to an activating group) is 1. The molecule has 11 nitrogen and oxygen atoms in total. The van der Waals surface area contributed by atoms with Gasteiger partial charge in [0, 0.05) is 38.4 Å². The molecule has 2 atom stereocenters. The lowest BCUT2D eigenvalue weighted by Crippen LogP contribution is -2.48. The van der Waals surface area contributed by atoms with E-state index in [4.69, 9.17) is 9.47 Å². The molecule has 0 spiro atoms. The van der Waals surface area contributed by atoms with Crippen LogP contribution in [0.3, 0.4) is 0 Å². The molecule has 0 bridgehead atoms. The molecule has 1 aliphatic rings. The maximum atomic E-state index is 13.6. The van der Waals surface area contributed by atoms with Gasteiger partial charge in [-0.05, 0) is 44.9 Å². The molecule has 1 heterocycles. The van der Waals surface area contributed by atoms with Crippen LogP contribution in [0.15, 0.2) is 30.3 Å². The molecule has 0 saturated carbocycles. The van der Waals surface area contributed by atoms with Gasteiger partial charge in [-0.2, -0.15) is 8.78 Å². The Morgan fingerprint density at radius 1 is 1.02 bits per heavy atom. The van der Waals surface area contributed by atoms with Crippen LogP contribution in [0.5, 0.6) is 5.75 Å². The van der Waals surface area contributed by atoms with Gasteiger partial charge in [0.1, 0.15) is 12.9 Å². The molecule has 3 rings (SSSR count). The largest absolute Gasteiger partial charge is 0.479 e. The van der Waals surface area contributed by atoms with E-state index in [2.05, 4.69) is 36.1 Å². The molecular weight excluding hydrogens is 666 g/mol. The van der Waals surface area contributed by atoms with Crippen LogP contribution in [0, 0.1) is 29.2 Å². The second-order valence-corrected chi connectivity index (χ2v) is 13.3. The third kappa shape index (κ3) is 15.1. The second-order valence-electron chi connectivity index (χ2n) is 13.3. The fraction of sp³-hybridized carbons (Fsp3) is 0.514. The monoisotopic (exact) mass is 713 g/mol. The van der Waals surface area contributed by atoms with Crippen molar-refractivity contribution in [2.75, 3.05) is 52.4 Å². The van der Waals surface area contributed by atoms with Crippen molar-refractivity contribution in [1.29, 1.82) is 0 Å². The van der Waals surface area contributed by atoms with Gasteiger partial charge < -0.3 is 34.5 Å². The van der Waals surface area contributed by atoms with Crippen LogP contribution < -0.4 is 15.4 Å². The van der Waals surface area contributed by atoms with E-state index in [0.717, 1.165) is 5.56 Å². The third-order valence-electron chi connectivity index (χ3n) is 7.02. The number of nitrogens with one attached hydrogen (secondary N) is 2. The number of carbonyl (C=O) groups is 5. The SMILES string of the molecule is CC(C)(C)c1ccccc1NC(=O)C=O.CN1CCOCC(C(=O)NC(CC=O)C(=O)COc2c(F)c(F)cc(F)c2F)C1.COC(C)(C)C. The zero-order chi connectivity index (χ0) is 38.2. The summed E-state index contributed by atoms with van der Waals surface area (Å²) in [5.74, 6) is -11.1. The van der Waals surface area contributed by atoms with Crippen LogP contribution >= 0.6 is 0 Å². The number of hydrogen-bond acceptors (Lipinski definition) is 9. The maximum Gasteiger partial charge on any atom is 0.288 e. The van der Waals surface area contributed by atoms with Gasteiger partial charge >= 0.3 is 0 Å². The van der Waals surface area contributed by atoms with Crippen LogP contribution in [0.1, 0.15) is 53.5 Å². The van der Waals surface area contributed by atoms with E-state index in [-0.39, 0.29) is 30.0 Å². The van der Waals surface area contributed by atoms with Crippen LogP contribution in [-0.2, 0) is 38.9 Å². The number of benzene rings is 2. The lowest BCUT2D eigenvalue weighted by atomic mass is 9.86. The Balaban J connectivity index is 0.000000493. The lowest BCUT2D eigenvalue weighted by Gasteiger charge is -2.22. The van der Waals surface area contributed by atoms with E-state index in [0.29, 0.717) is 31.7 Å². The summed E-state index contributed by atoms with van der Waals surface area (Å²) >= 11 is 0. The van der Waals surface area contributed by atoms with Gasteiger partial charge in [-0.15, -0.1) is 0 Å². The predicted molar refractivity (Wildman–Crippen MR) is 178 cm³/mol. The number of carbonyl (C=O) groups excluding carboxylic acids is 5. The van der Waals surface area contributed by atoms with Crippen LogP contribution in [0.2, 0.25) is 0 Å². The van der Waals surface area contributed by atoms with E-state index in [9.17, 15) is 41.5 Å². The second kappa shape index (κ2) is 20.5. The minimum absolute atomic E-state index is 0.000593. The smallest absolute Gasteiger partial charge is 0.288 e. The number of ketones is 1. The molecule has 278 valence electrons. The Labute approximate surface area is 290 Å². The van der Waals surface area contributed by atoms with E-state index in [1.54, 1.807) is 20.2 Å². The summed E-state index contributed by atoms with van der Waals surface area (Å²) in [5, 5.41) is 4.94. The molecule has 0 radical (unpaired) electrons. The first-order valence-electron chi connectivity index (χ1n) is 15.6. The third-order valence-corrected chi connectivity index (χ3v) is 7.02. The molecule has 1 saturated heterocycles. The van der Waals surface area contributed by atoms with Gasteiger partial charge in [0.15, 0.2) is 23.2 Å². The Kier molecular flexibility index (Phi) is 17.9. The van der Waals surface area contributed by atoms with E-state index < -0.39 is 71.6 Å². The summed E-state index contributed by atoms with van der Waals surface area (Å²) in [6.45, 7) is 12.7. The van der Waals surface area contributed by atoms with E-state index >= 15 is 0 Å². The number of aldehydes is 2. The van der Waals surface area contributed by atoms with Crippen molar-refractivity contribution in [1.82, 2.24) is 10.2 Å². The average molecular weight is 714 g/mol. The van der Waals surface area contributed by atoms with Gasteiger partial charge in [0.05, 0.1) is 30.8 Å². The van der Waals surface area contributed by atoms with Crippen molar-refractivity contribution >= 4 is 35.9 Å².